The Balaban J connectivity index is 1.96. The van der Waals surface area contributed by atoms with Gasteiger partial charge in [0.25, 0.3) is 0 Å². The van der Waals surface area contributed by atoms with E-state index in [1.54, 1.807) is 0 Å². The molecule has 2 aromatic carbocycles. The summed E-state index contributed by atoms with van der Waals surface area (Å²) >= 11 is 7.97. The second-order valence-electron chi connectivity index (χ2n) is 13.6. The van der Waals surface area contributed by atoms with E-state index in [4.69, 9.17) is 0 Å². The molecular weight excluding hydrogens is 561 g/mol. The van der Waals surface area contributed by atoms with Gasteiger partial charge in [-0.1, -0.05) is 41.5 Å². The molecule has 4 aromatic heterocycles. The average molecular weight is 601 g/mol. The zero-order valence-corrected chi connectivity index (χ0v) is 29.2. The molecule has 0 atom stereocenters. The lowest BCUT2D eigenvalue weighted by Gasteiger charge is -2.19. The van der Waals surface area contributed by atoms with E-state index in [1.807, 2.05) is 45.3 Å². The van der Waals surface area contributed by atoms with Crippen LogP contribution in [0.25, 0.3) is 51.8 Å². The molecule has 0 saturated heterocycles. The molecular formula is C36H40S4. The number of aryl methyl sites for hydroxylation is 6. The average Bonchev–Trinajstić information content (AvgIpc) is 3.61. The van der Waals surface area contributed by atoms with Gasteiger partial charge in [-0.25, -0.2) is 0 Å². The maximum atomic E-state index is 2.40. The Kier molecular flexibility index (Phi) is 6.52. The molecule has 6 rings (SSSR count). The fourth-order valence-electron chi connectivity index (χ4n) is 6.73. The third-order valence-electron chi connectivity index (χ3n) is 8.33. The third-order valence-corrected chi connectivity index (χ3v) is 13.8. The molecule has 0 spiro atoms. The van der Waals surface area contributed by atoms with Gasteiger partial charge in [0.2, 0.25) is 0 Å². The van der Waals surface area contributed by atoms with Gasteiger partial charge in [0, 0.05) is 71.3 Å². The van der Waals surface area contributed by atoms with Crippen LogP contribution < -0.4 is 0 Å². The number of benzene rings is 2. The van der Waals surface area contributed by atoms with Gasteiger partial charge in [-0.2, -0.15) is 0 Å². The van der Waals surface area contributed by atoms with Gasteiger partial charge in [-0.3, -0.25) is 0 Å². The number of hydrogen-bond acceptors (Lipinski definition) is 4. The van der Waals surface area contributed by atoms with Crippen LogP contribution >= 0.6 is 45.3 Å². The van der Waals surface area contributed by atoms with E-state index >= 15 is 0 Å². The fourth-order valence-corrected chi connectivity index (χ4v) is 11.6. The first kappa shape index (κ1) is 28.2. The van der Waals surface area contributed by atoms with Crippen molar-refractivity contribution in [3.63, 3.8) is 0 Å². The van der Waals surface area contributed by atoms with Gasteiger partial charge in [0.1, 0.15) is 0 Å². The van der Waals surface area contributed by atoms with Crippen molar-refractivity contribution >= 4 is 76.3 Å². The highest BCUT2D eigenvalue weighted by Crippen LogP contribution is 2.55. The van der Waals surface area contributed by atoms with E-state index in [0.29, 0.717) is 0 Å². The largest absolute Gasteiger partial charge is 0.141 e. The van der Waals surface area contributed by atoms with Crippen molar-refractivity contribution in [2.24, 2.45) is 0 Å². The van der Waals surface area contributed by atoms with Gasteiger partial charge in [0.15, 0.2) is 0 Å². The molecule has 0 saturated carbocycles. The summed E-state index contributed by atoms with van der Waals surface area (Å²) in [4.78, 5) is 8.56. The van der Waals surface area contributed by atoms with E-state index in [0.717, 1.165) is 0 Å². The Bertz CT molecular complexity index is 1820. The lowest BCUT2D eigenvalue weighted by molar-refractivity contribution is 0.600. The highest BCUT2D eigenvalue weighted by atomic mass is 32.1. The minimum absolute atomic E-state index is 0.0985. The first-order valence-electron chi connectivity index (χ1n) is 14.2. The molecule has 0 N–H and O–H groups in total. The van der Waals surface area contributed by atoms with Crippen molar-refractivity contribution in [3.05, 3.63) is 66.0 Å². The van der Waals surface area contributed by atoms with Crippen molar-refractivity contribution < 1.29 is 0 Å². The summed E-state index contributed by atoms with van der Waals surface area (Å²) < 4.78 is 2.95. The molecule has 0 aliphatic rings. The summed E-state index contributed by atoms with van der Waals surface area (Å²) in [5.41, 5.74) is 8.91. The van der Waals surface area contributed by atoms with Crippen molar-refractivity contribution in [1.29, 1.82) is 0 Å². The fraction of sp³-hybridized carbons (Fsp3) is 0.389. The lowest BCUT2D eigenvalue weighted by atomic mass is 9.84. The zero-order chi connectivity index (χ0) is 29.0. The molecule has 0 aliphatic heterocycles. The predicted molar refractivity (Wildman–Crippen MR) is 187 cm³/mol. The van der Waals surface area contributed by atoms with Crippen LogP contribution in [0.4, 0.5) is 0 Å². The Morgan fingerprint density at radius 2 is 0.775 bits per heavy atom. The Morgan fingerprint density at radius 1 is 0.425 bits per heavy atom. The van der Waals surface area contributed by atoms with E-state index in [-0.39, 0.29) is 10.8 Å². The summed E-state index contributed by atoms with van der Waals surface area (Å²) in [5, 5.41) is 5.90. The van der Waals surface area contributed by atoms with E-state index in [1.165, 1.54) is 93.6 Å². The molecule has 0 bridgehead atoms. The molecule has 4 heterocycles. The van der Waals surface area contributed by atoms with E-state index in [2.05, 4.69) is 107 Å². The quantitative estimate of drug-likeness (QED) is 0.185. The van der Waals surface area contributed by atoms with Gasteiger partial charge < -0.3 is 0 Å². The molecule has 40 heavy (non-hydrogen) atoms. The smallest absolute Gasteiger partial charge is 0.0437 e. The second kappa shape index (κ2) is 9.26. The van der Waals surface area contributed by atoms with Crippen molar-refractivity contribution in [2.45, 2.75) is 93.9 Å². The Morgan fingerprint density at radius 3 is 1.05 bits per heavy atom. The highest BCUT2D eigenvalue weighted by Gasteiger charge is 2.31. The number of hydrogen-bond donors (Lipinski definition) is 0. The number of rotatable bonds is 2. The molecule has 0 fully saturated rings. The number of thiophene rings is 4. The summed E-state index contributed by atoms with van der Waals surface area (Å²) in [6, 6.07) is 9.29. The molecule has 0 nitrogen and oxygen atoms in total. The molecule has 0 amide bonds. The molecule has 0 unspecified atom stereocenters. The standard InChI is InChI=1S/C36H40S4/c1-17-13-15-23(37-17)25-19(3)27-28(31-29(25)21(5)33(39-31)35(7,8)9)20(4)26(24-16-14-18(2)38-24)30-22(6)34(36(10,11)12)40-32(27)30/h13-16H,1-12H3. The monoisotopic (exact) mass is 600 g/mol. The SMILES string of the molecule is Cc1ccc(-c2c(C)c3c4sc(C(C)(C)C)c(C)c4c(-c4ccc(C)s4)c(C)c3c3sc(C(C)(C)C)c(C)c23)s1. The zero-order valence-electron chi connectivity index (χ0n) is 25.9. The van der Waals surface area contributed by atoms with Crippen LogP contribution in [0.3, 0.4) is 0 Å². The van der Waals surface area contributed by atoms with Crippen LogP contribution in [0.2, 0.25) is 0 Å². The summed E-state index contributed by atoms with van der Waals surface area (Å²) in [7, 11) is 0. The van der Waals surface area contributed by atoms with Crippen LogP contribution in [0.5, 0.6) is 0 Å². The van der Waals surface area contributed by atoms with Crippen molar-refractivity contribution in [3.8, 4) is 20.9 Å². The predicted octanol–water partition coefficient (Wildman–Crippen LogP) is 13.2. The maximum absolute atomic E-state index is 2.40. The minimum Gasteiger partial charge on any atom is -0.141 e. The molecule has 0 aliphatic carbocycles. The Hall–Kier alpha value is -1.98. The highest BCUT2D eigenvalue weighted by molar-refractivity contribution is 7.22. The topological polar surface area (TPSA) is 0 Å². The van der Waals surface area contributed by atoms with Crippen LogP contribution in [-0.2, 0) is 10.8 Å². The Labute approximate surface area is 255 Å². The number of fused-ring (bicyclic) bond motifs is 5. The van der Waals surface area contributed by atoms with Crippen LogP contribution in [0.15, 0.2) is 24.3 Å². The summed E-state index contributed by atoms with van der Waals surface area (Å²) in [6.45, 7) is 28.3. The molecule has 208 valence electrons. The lowest BCUT2D eigenvalue weighted by Crippen LogP contribution is -2.09. The maximum Gasteiger partial charge on any atom is 0.0437 e. The van der Waals surface area contributed by atoms with Crippen LogP contribution in [0.1, 0.15) is 83.3 Å². The van der Waals surface area contributed by atoms with Crippen molar-refractivity contribution in [1.82, 2.24) is 0 Å². The van der Waals surface area contributed by atoms with Crippen molar-refractivity contribution in [2.75, 3.05) is 0 Å². The summed E-state index contributed by atoms with van der Waals surface area (Å²) in [5.74, 6) is 0. The van der Waals surface area contributed by atoms with Gasteiger partial charge in [-0.05, 0) is 98.9 Å². The molecule has 6 aromatic rings. The van der Waals surface area contributed by atoms with Gasteiger partial charge in [-0.15, -0.1) is 45.3 Å². The minimum atomic E-state index is 0.0985. The van der Waals surface area contributed by atoms with Crippen LogP contribution in [-0.4, -0.2) is 0 Å². The second-order valence-corrected chi connectivity index (χ2v) is 18.2. The molecule has 4 heteroatoms. The summed E-state index contributed by atoms with van der Waals surface area (Å²) in [6.07, 6.45) is 0. The third kappa shape index (κ3) is 4.08. The first-order chi connectivity index (χ1) is 18.6. The first-order valence-corrected chi connectivity index (χ1v) is 17.5. The van der Waals surface area contributed by atoms with E-state index in [9.17, 15) is 0 Å². The van der Waals surface area contributed by atoms with Crippen LogP contribution in [0, 0.1) is 41.5 Å². The molecule has 0 radical (unpaired) electrons. The van der Waals surface area contributed by atoms with Gasteiger partial charge >= 0.3 is 0 Å². The van der Waals surface area contributed by atoms with E-state index < -0.39 is 0 Å². The van der Waals surface area contributed by atoms with Gasteiger partial charge in [0.05, 0.1) is 0 Å². The normalized spacial score (nSPS) is 13.0.